The third-order valence-corrected chi connectivity index (χ3v) is 6.88. The Morgan fingerprint density at radius 3 is 2.48 bits per heavy atom. The molecule has 5 rings (SSSR count). The normalized spacial score (nSPS) is 15.2. The molecule has 1 fully saturated rings. The number of nitrogens with one attached hydrogen (secondary N) is 2. The summed E-state index contributed by atoms with van der Waals surface area (Å²) < 4.78 is 16.5. The van der Waals surface area contributed by atoms with Gasteiger partial charge in [-0.25, -0.2) is 0 Å². The third-order valence-electron chi connectivity index (χ3n) is 5.97. The molecule has 3 aromatic carbocycles. The van der Waals surface area contributed by atoms with E-state index >= 15 is 0 Å². The monoisotopic (exact) mass is 559 g/mol. The van der Waals surface area contributed by atoms with Crippen LogP contribution in [-0.2, 0) is 14.4 Å². The molecule has 40 heavy (non-hydrogen) atoms. The summed E-state index contributed by atoms with van der Waals surface area (Å²) in [5.74, 6) is 0.212. The Hall–Kier alpha value is -4.77. The van der Waals surface area contributed by atoms with Gasteiger partial charge < -0.3 is 24.8 Å². The Balaban J connectivity index is 1.14. The smallest absolute Gasteiger partial charge is 0.294 e. The topological polar surface area (TPSA) is 123 Å². The maximum absolute atomic E-state index is 12.8. The molecule has 2 heterocycles. The summed E-state index contributed by atoms with van der Waals surface area (Å²) in [4.78, 5) is 51.2. The Bertz CT molecular complexity index is 1500. The lowest BCUT2D eigenvalue weighted by molar-refractivity contribution is -0.127. The number of imide groups is 1. The lowest BCUT2D eigenvalue weighted by Crippen LogP contribution is -2.36. The molecule has 0 saturated carbocycles. The van der Waals surface area contributed by atoms with Crippen LogP contribution in [0.3, 0.4) is 0 Å². The molecule has 10 nitrogen and oxygen atoms in total. The standard InChI is InChI=1S/C29H25N3O7S/c1-18-4-2-3-5-22(18)31-27(34)17-39-21-9-6-19(7-10-21)14-25-28(35)32(29(36)40-25)16-26(33)30-20-8-11-23-24(15-20)38-13-12-37-23/h2-11,14-15H,12-13,16-17H2,1H3,(H,30,33)(H,31,34)/b25-14-. The van der Waals surface area contributed by atoms with Crippen molar-refractivity contribution >= 4 is 52.2 Å². The number of para-hydroxylation sites is 1. The molecule has 11 heteroatoms. The molecule has 0 atom stereocenters. The molecule has 2 N–H and O–H groups in total. The Morgan fingerprint density at radius 1 is 0.950 bits per heavy atom. The van der Waals surface area contributed by atoms with E-state index in [-0.39, 0.29) is 17.4 Å². The summed E-state index contributed by atoms with van der Waals surface area (Å²) in [7, 11) is 0. The Labute approximate surface area is 234 Å². The SMILES string of the molecule is Cc1ccccc1NC(=O)COc1ccc(/C=C2\SC(=O)N(CC(=O)Nc3ccc4c(c3)OCCO4)C2=O)cc1. The van der Waals surface area contributed by atoms with Gasteiger partial charge in [0.1, 0.15) is 25.5 Å². The summed E-state index contributed by atoms with van der Waals surface area (Å²) >= 11 is 0.762. The zero-order valence-electron chi connectivity index (χ0n) is 21.5. The molecule has 2 aliphatic heterocycles. The quantitative estimate of drug-likeness (QED) is 0.388. The summed E-state index contributed by atoms with van der Waals surface area (Å²) in [6, 6.07) is 19.2. The fraction of sp³-hybridized carbons (Fsp3) is 0.172. The number of ether oxygens (including phenoxy) is 3. The van der Waals surface area contributed by atoms with Gasteiger partial charge in [0.2, 0.25) is 5.91 Å². The van der Waals surface area contributed by atoms with Crippen LogP contribution in [0.15, 0.2) is 71.6 Å². The van der Waals surface area contributed by atoms with E-state index in [0.717, 1.165) is 27.9 Å². The second-order valence-corrected chi connectivity index (χ2v) is 9.89. The lowest BCUT2D eigenvalue weighted by Gasteiger charge is -2.19. The average Bonchev–Trinajstić information content (AvgIpc) is 3.21. The third kappa shape index (κ3) is 6.44. The largest absolute Gasteiger partial charge is 0.486 e. The van der Waals surface area contributed by atoms with Crippen LogP contribution < -0.4 is 24.8 Å². The fourth-order valence-electron chi connectivity index (χ4n) is 3.96. The number of thioether (sulfide) groups is 1. The number of fused-ring (bicyclic) bond motifs is 1. The molecule has 0 unspecified atom stereocenters. The van der Waals surface area contributed by atoms with Crippen LogP contribution in [0.2, 0.25) is 0 Å². The predicted molar refractivity (Wildman–Crippen MR) is 150 cm³/mol. The van der Waals surface area contributed by atoms with Crippen LogP contribution in [-0.4, -0.2) is 54.2 Å². The number of nitrogens with zero attached hydrogens (tertiary/aromatic N) is 1. The number of hydrogen-bond donors (Lipinski definition) is 2. The van der Waals surface area contributed by atoms with E-state index in [2.05, 4.69) is 10.6 Å². The molecule has 0 aromatic heterocycles. The van der Waals surface area contributed by atoms with Gasteiger partial charge in [-0.05, 0) is 66.2 Å². The zero-order chi connectivity index (χ0) is 28.1. The van der Waals surface area contributed by atoms with E-state index in [1.54, 1.807) is 48.5 Å². The molecule has 0 aliphatic carbocycles. The van der Waals surface area contributed by atoms with Crippen LogP contribution in [0.5, 0.6) is 17.2 Å². The molecule has 4 amide bonds. The molecular formula is C29H25N3O7S. The molecule has 204 valence electrons. The number of carbonyl (C=O) groups is 4. The minimum absolute atomic E-state index is 0.166. The summed E-state index contributed by atoms with van der Waals surface area (Å²) in [5.41, 5.74) is 2.79. The van der Waals surface area contributed by atoms with Crippen molar-refractivity contribution in [2.24, 2.45) is 0 Å². The maximum Gasteiger partial charge on any atom is 0.294 e. The van der Waals surface area contributed by atoms with Crippen molar-refractivity contribution in [1.82, 2.24) is 4.90 Å². The van der Waals surface area contributed by atoms with Crippen LogP contribution in [0, 0.1) is 6.92 Å². The van der Waals surface area contributed by atoms with Gasteiger partial charge in [0.05, 0.1) is 4.91 Å². The first-order chi connectivity index (χ1) is 19.4. The van der Waals surface area contributed by atoms with E-state index in [1.165, 1.54) is 0 Å². The van der Waals surface area contributed by atoms with Gasteiger partial charge >= 0.3 is 0 Å². The fourth-order valence-corrected chi connectivity index (χ4v) is 4.80. The summed E-state index contributed by atoms with van der Waals surface area (Å²) in [5, 5.41) is 4.94. The minimum atomic E-state index is -0.555. The van der Waals surface area contributed by atoms with Gasteiger partial charge in [-0.1, -0.05) is 30.3 Å². The first kappa shape index (κ1) is 26.8. The van der Waals surface area contributed by atoms with Crippen LogP contribution in [0.1, 0.15) is 11.1 Å². The number of benzene rings is 3. The second kappa shape index (κ2) is 12.0. The second-order valence-electron chi connectivity index (χ2n) is 8.90. The average molecular weight is 560 g/mol. The summed E-state index contributed by atoms with van der Waals surface area (Å²) in [6.45, 7) is 2.18. The van der Waals surface area contributed by atoms with Crippen LogP contribution in [0.4, 0.5) is 16.2 Å². The van der Waals surface area contributed by atoms with Crippen molar-refractivity contribution in [2.75, 3.05) is 37.0 Å². The Morgan fingerprint density at radius 2 is 1.70 bits per heavy atom. The van der Waals surface area contributed by atoms with E-state index in [4.69, 9.17) is 14.2 Å². The first-order valence-corrected chi connectivity index (χ1v) is 13.2. The van der Waals surface area contributed by atoms with Gasteiger partial charge in [-0.2, -0.15) is 0 Å². The van der Waals surface area contributed by atoms with Crippen molar-refractivity contribution in [3.8, 4) is 17.2 Å². The predicted octanol–water partition coefficient (Wildman–Crippen LogP) is 4.46. The van der Waals surface area contributed by atoms with Gasteiger partial charge in [-0.15, -0.1) is 0 Å². The number of hydrogen-bond acceptors (Lipinski definition) is 8. The van der Waals surface area contributed by atoms with Gasteiger partial charge in [0.15, 0.2) is 18.1 Å². The summed E-state index contributed by atoms with van der Waals surface area (Å²) in [6.07, 6.45) is 1.57. The van der Waals surface area contributed by atoms with Gasteiger partial charge in [0.25, 0.3) is 17.1 Å². The van der Waals surface area contributed by atoms with E-state index in [0.29, 0.717) is 41.7 Å². The highest BCUT2D eigenvalue weighted by molar-refractivity contribution is 8.18. The van der Waals surface area contributed by atoms with Crippen molar-refractivity contribution < 1.29 is 33.4 Å². The van der Waals surface area contributed by atoms with E-state index in [1.807, 2.05) is 31.2 Å². The lowest BCUT2D eigenvalue weighted by atomic mass is 10.2. The van der Waals surface area contributed by atoms with Crippen molar-refractivity contribution in [3.63, 3.8) is 0 Å². The number of amides is 4. The van der Waals surface area contributed by atoms with Crippen LogP contribution in [0.25, 0.3) is 6.08 Å². The van der Waals surface area contributed by atoms with Gasteiger partial charge in [-0.3, -0.25) is 24.1 Å². The molecular weight excluding hydrogens is 534 g/mol. The van der Waals surface area contributed by atoms with Crippen LogP contribution >= 0.6 is 11.8 Å². The van der Waals surface area contributed by atoms with Crippen molar-refractivity contribution in [3.05, 3.63) is 82.8 Å². The highest BCUT2D eigenvalue weighted by Gasteiger charge is 2.36. The molecule has 0 bridgehead atoms. The van der Waals surface area contributed by atoms with E-state index < -0.39 is 23.6 Å². The zero-order valence-corrected chi connectivity index (χ0v) is 22.3. The van der Waals surface area contributed by atoms with Gasteiger partial charge in [0, 0.05) is 17.4 Å². The number of aryl methyl sites for hydroxylation is 1. The minimum Gasteiger partial charge on any atom is -0.486 e. The number of rotatable bonds is 8. The molecule has 2 aliphatic rings. The van der Waals surface area contributed by atoms with Crippen molar-refractivity contribution in [2.45, 2.75) is 6.92 Å². The van der Waals surface area contributed by atoms with Crippen molar-refractivity contribution in [1.29, 1.82) is 0 Å². The molecule has 0 radical (unpaired) electrons. The highest BCUT2D eigenvalue weighted by Crippen LogP contribution is 2.34. The molecule has 3 aromatic rings. The molecule has 1 saturated heterocycles. The molecule has 0 spiro atoms. The maximum atomic E-state index is 12.8. The Kier molecular flexibility index (Phi) is 8.02. The van der Waals surface area contributed by atoms with E-state index in [9.17, 15) is 19.2 Å². The number of anilines is 2. The first-order valence-electron chi connectivity index (χ1n) is 12.4. The number of carbonyl (C=O) groups excluding carboxylic acids is 4. The highest BCUT2D eigenvalue weighted by atomic mass is 32.2.